The second-order valence-corrected chi connectivity index (χ2v) is 6.91. The van der Waals surface area contributed by atoms with Crippen molar-refractivity contribution in [2.45, 2.75) is 39.9 Å². The van der Waals surface area contributed by atoms with Gasteiger partial charge in [0, 0.05) is 71.2 Å². The summed E-state index contributed by atoms with van der Waals surface area (Å²) in [5.74, 6) is 2.04. The van der Waals surface area contributed by atoms with Gasteiger partial charge in [-0.1, -0.05) is 6.92 Å². The summed E-state index contributed by atoms with van der Waals surface area (Å²) in [7, 11) is 0. The van der Waals surface area contributed by atoms with E-state index in [1.165, 1.54) is 5.82 Å². The summed E-state index contributed by atoms with van der Waals surface area (Å²) in [4.78, 5) is 23.1. The number of imidazole rings is 1. The van der Waals surface area contributed by atoms with E-state index in [4.69, 9.17) is 0 Å². The highest BCUT2D eigenvalue weighted by atomic mass is 16.2. The molecule has 3 heterocycles. The number of carbonyl (C=O) groups excluding carboxylic acids is 1. The molecule has 0 aromatic carbocycles. The highest BCUT2D eigenvalue weighted by molar-refractivity contribution is 5.73. The summed E-state index contributed by atoms with van der Waals surface area (Å²) in [6.45, 7) is 14.1. The zero-order valence-corrected chi connectivity index (χ0v) is 14.6. The van der Waals surface area contributed by atoms with Crippen molar-refractivity contribution in [3.05, 3.63) is 18.2 Å². The van der Waals surface area contributed by atoms with Crippen LogP contribution in [0, 0.1) is 5.92 Å². The summed E-state index contributed by atoms with van der Waals surface area (Å²) in [5.41, 5.74) is 0. The molecule has 0 bridgehead atoms. The number of carbonyl (C=O) groups is 1. The van der Waals surface area contributed by atoms with Gasteiger partial charge in [0.1, 0.15) is 5.82 Å². The van der Waals surface area contributed by atoms with Gasteiger partial charge in [-0.15, -0.1) is 0 Å². The van der Waals surface area contributed by atoms with Crippen molar-refractivity contribution in [3.8, 4) is 0 Å². The van der Waals surface area contributed by atoms with Crippen LogP contribution in [0.1, 0.15) is 26.6 Å². The Kier molecular flexibility index (Phi) is 5.02. The van der Waals surface area contributed by atoms with Crippen LogP contribution in [0.3, 0.4) is 0 Å². The lowest BCUT2D eigenvalue weighted by Gasteiger charge is -2.39. The zero-order valence-electron chi connectivity index (χ0n) is 14.6. The first-order chi connectivity index (χ1) is 11.1. The van der Waals surface area contributed by atoms with Crippen LogP contribution in [0.25, 0.3) is 0 Å². The van der Waals surface area contributed by atoms with Crippen LogP contribution in [0.15, 0.2) is 12.4 Å². The highest BCUT2D eigenvalue weighted by Gasteiger charge is 2.35. The molecule has 0 saturated carbocycles. The Hall–Kier alpha value is -1.40. The van der Waals surface area contributed by atoms with Crippen LogP contribution in [-0.2, 0) is 17.9 Å². The molecule has 1 amide bonds. The first kappa shape index (κ1) is 16.5. The van der Waals surface area contributed by atoms with E-state index in [0.717, 1.165) is 52.4 Å². The third kappa shape index (κ3) is 3.58. The molecule has 23 heavy (non-hydrogen) atoms. The molecule has 2 unspecified atom stereocenters. The number of amides is 1. The molecule has 3 rings (SSSR count). The topological polar surface area (TPSA) is 44.6 Å². The molecule has 128 valence electrons. The predicted octanol–water partition coefficient (Wildman–Crippen LogP) is 0.887. The van der Waals surface area contributed by atoms with Gasteiger partial charge in [0.15, 0.2) is 0 Å². The van der Waals surface area contributed by atoms with Gasteiger partial charge in [0.25, 0.3) is 0 Å². The van der Waals surface area contributed by atoms with Crippen LogP contribution in [0.4, 0.5) is 0 Å². The first-order valence-electron chi connectivity index (χ1n) is 8.80. The number of aryl methyl sites for hydroxylation is 1. The van der Waals surface area contributed by atoms with Gasteiger partial charge in [-0.25, -0.2) is 4.98 Å². The van der Waals surface area contributed by atoms with Crippen molar-refractivity contribution in [3.63, 3.8) is 0 Å². The predicted molar refractivity (Wildman–Crippen MR) is 90.0 cm³/mol. The number of aromatic nitrogens is 2. The van der Waals surface area contributed by atoms with Gasteiger partial charge in [0.2, 0.25) is 5.91 Å². The van der Waals surface area contributed by atoms with Gasteiger partial charge in [-0.2, -0.15) is 0 Å². The summed E-state index contributed by atoms with van der Waals surface area (Å²) in [6.07, 6.45) is 3.96. The van der Waals surface area contributed by atoms with E-state index < -0.39 is 0 Å². The standard InChI is InChI=1S/C17H29N5O/c1-4-20-6-5-18-17(20)13-19-11-14(2)16(12-19)22-9-7-21(8-10-22)15(3)23/h5-6,14,16H,4,7-13H2,1-3H3. The van der Waals surface area contributed by atoms with Gasteiger partial charge >= 0.3 is 0 Å². The maximum atomic E-state index is 11.5. The maximum Gasteiger partial charge on any atom is 0.219 e. The van der Waals surface area contributed by atoms with Gasteiger partial charge in [0.05, 0.1) is 6.54 Å². The van der Waals surface area contributed by atoms with Crippen molar-refractivity contribution in [2.24, 2.45) is 5.92 Å². The average molecular weight is 319 g/mol. The number of nitrogens with zero attached hydrogens (tertiary/aromatic N) is 5. The molecule has 2 fully saturated rings. The summed E-state index contributed by atoms with van der Waals surface area (Å²) < 4.78 is 2.23. The second kappa shape index (κ2) is 7.01. The molecular weight excluding hydrogens is 290 g/mol. The molecule has 1 aromatic rings. The molecule has 6 heteroatoms. The lowest BCUT2D eigenvalue weighted by Crippen LogP contribution is -2.53. The number of hydrogen-bond acceptors (Lipinski definition) is 4. The Balaban J connectivity index is 1.56. The van der Waals surface area contributed by atoms with Crippen LogP contribution >= 0.6 is 0 Å². The van der Waals surface area contributed by atoms with E-state index in [9.17, 15) is 4.79 Å². The lowest BCUT2D eigenvalue weighted by molar-refractivity contribution is -0.130. The molecule has 2 atom stereocenters. The van der Waals surface area contributed by atoms with Gasteiger partial charge < -0.3 is 9.47 Å². The van der Waals surface area contributed by atoms with Crippen molar-refractivity contribution in [1.29, 1.82) is 0 Å². The first-order valence-corrected chi connectivity index (χ1v) is 8.80. The Labute approximate surface area is 139 Å². The van der Waals surface area contributed by atoms with Gasteiger partial charge in [-0.05, 0) is 12.8 Å². The third-order valence-corrected chi connectivity index (χ3v) is 5.38. The van der Waals surface area contributed by atoms with Crippen LogP contribution in [0.5, 0.6) is 0 Å². The number of likely N-dealkylation sites (tertiary alicyclic amines) is 1. The fourth-order valence-corrected chi connectivity index (χ4v) is 4.00. The highest BCUT2D eigenvalue weighted by Crippen LogP contribution is 2.24. The van der Waals surface area contributed by atoms with Crippen LogP contribution < -0.4 is 0 Å². The molecule has 2 saturated heterocycles. The SMILES string of the molecule is CCn1ccnc1CN1CC(C)C(N2CCN(C(C)=O)CC2)C1. The normalized spacial score (nSPS) is 26.8. The Bertz CT molecular complexity index is 535. The van der Waals surface area contributed by atoms with Crippen molar-refractivity contribution >= 4 is 5.91 Å². The molecular formula is C17H29N5O. The average Bonchev–Trinajstić information content (AvgIpc) is 3.14. The summed E-state index contributed by atoms with van der Waals surface area (Å²) in [5, 5.41) is 0. The lowest BCUT2D eigenvalue weighted by atomic mass is 10.0. The third-order valence-electron chi connectivity index (χ3n) is 5.38. The van der Waals surface area contributed by atoms with E-state index in [0.29, 0.717) is 12.0 Å². The molecule has 0 N–H and O–H groups in total. The maximum absolute atomic E-state index is 11.5. The molecule has 0 radical (unpaired) electrons. The van der Waals surface area contributed by atoms with E-state index in [1.54, 1.807) is 6.92 Å². The summed E-state index contributed by atoms with van der Waals surface area (Å²) in [6, 6.07) is 0.606. The fourth-order valence-electron chi connectivity index (χ4n) is 4.00. The monoisotopic (exact) mass is 319 g/mol. The minimum absolute atomic E-state index is 0.206. The zero-order chi connectivity index (χ0) is 16.4. The smallest absolute Gasteiger partial charge is 0.219 e. The largest absolute Gasteiger partial charge is 0.340 e. The molecule has 0 aliphatic carbocycles. The number of piperazine rings is 1. The molecule has 2 aliphatic rings. The van der Waals surface area contributed by atoms with Gasteiger partial charge in [-0.3, -0.25) is 14.6 Å². The second-order valence-electron chi connectivity index (χ2n) is 6.91. The molecule has 0 spiro atoms. The van der Waals surface area contributed by atoms with Crippen molar-refractivity contribution in [2.75, 3.05) is 39.3 Å². The Morgan fingerprint density at radius 1 is 1.26 bits per heavy atom. The minimum atomic E-state index is 0.206. The van der Waals surface area contributed by atoms with Crippen LogP contribution in [-0.4, -0.2) is 75.5 Å². The summed E-state index contributed by atoms with van der Waals surface area (Å²) >= 11 is 0. The van der Waals surface area contributed by atoms with Crippen molar-refractivity contribution < 1.29 is 4.79 Å². The van der Waals surface area contributed by atoms with E-state index >= 15 is 0 Å². The quantitative estimate of drug-likeness (QED) is 0.827. The van der Waals surface area contributed by atoms with E-state index in [-0.39, 0.29) is 5.91 Å². The Morgan fingerprint density at radius 3 is 2.65 bits per heavy atom. The molecule has 2 aliphatic heterocycles. The number of hydrogen-bond donors (Lipinski definition) is 0. The minimum Gasteiger partial charge on any atom is -0.340 e. The van der Waals surface area contributed by atoms with Crippen molar-refractivity contribution in [1.82, 2.24) is 24.3 Å². The fraction of sp³-hybridized carbons (Fsp3) is 0.765. The van der Waals surface area contributed by atoms with E-state index in [1.807, 2.05) is 11.1 Å². The number of rotatable bonds is 4. The van der Waals surface area contributed by atoms with E-state index in [2.05, 4.69) is 39.4 Å². The molecule has 6 nitrogen and oxygen atoms in total. The Morgan fingerprint density at radius 2 is 2.00 bits per heavy atom. The molecule has 1 aromatic heterocycles. The van der Waals surface area contributed by atoms with Crippen LogP contribution in [0.2, 0.25) is 0 Å².